The van der Waals surface area contributed by atoms with E-state index in [0.717, 1.165) is 25.7 Å². The monoisotopic (exact) mass is 364 g/mol. The van der Waals surface area contributed by atoms with Crippen LogP contribution < -0.4 is 5.32 Å². The molecule has 142 valence electrons. The number of carbonyl (C=O) groups excluding carboxylic acids is 1. The second-order valence-electron chi connectivity index (χ2n) is 7.46. The first-order valence-corrected chi connectivity index (χ1v) is 9.11. The van der Waals surface area contributed by atoms with Gasteiger partial charge in [-0.05, 0) is 56.1 Å². The van der Waals surface area contributed by atoms with Gasteiger partial charge >= 0.3 is 5.97 Å². The maximum Gasteiger partial charge on any atom is 0.317 e. The van der Waals surface area contributed by atoms with Crippen molar-refractivity contribution >= 4 is 11.9 Å². The molecular weight excluding hydrogens is 339 g/mol. The van der Waals surface area contributed by atoms with E-state index in [1.54, 1.807) is 11.0 Å². The first-order valence-electron chi connectivity index (χ1n) is 9.11. The standard InChI is InChI=1S/C19H25FN2O4/c1-11(21-8-16(24)25)13-4-2-12(3-5-13)9-22-10-14-6-7-15(23)18(20)17(14)19(22)26/h6-7,11-13,21,23H,2-5,8-10H2,1H3,(H,24,25)/t11?,12-,13-. The second-order valence-corrected chi connectivity index (χ2v) is 7.46. The van der Waals surface area contributed by atoms with Crippen LogP contribution in [-0.4, -0.2) is 46.1 Å². The van der Waals surface area contributed by atoms with Gasteiger partial charge in [-0.2, -0.15) is 0 Å². The van der Waals surface area contributed by atoms with Gasteiger partial charge in [0.1, 0.15) is 0 Å². The third-order valence-corrected chi connectivity index (χ3v) is 5.72. The SMILES string of the molecule is CC(NCC(=O)O)[C@H]1CC[C@H](CN2Cc3ccc(O)c(F)c3C2=O)CC1. The van der Waals surface area contributed by atoms with E-state index in [-0.39, 0.29) is 24.1 Å². The number of hydrogen-bond acceptors (Lipinski definition) is 4. The van der Waals surface area contributed by atoms with E-state index in [4.69, 9.17) is 5.11 Å². The number of fused-ring (bicyclic) bond motifs is 1. The fraction of sp³-hybridized carbons (Fsp3) is 0.579. The molecule has 26 heavy (non-hydrogen) atoms. The van der Waals surface area contributed by atoms with Crippen LogP contribution in [0, 0.1) is 17.7 Å². The fourth-order valence-electron chi connectivity index (χ4n) is 4.15. The van der Waals surface area contributed by atoms with Gasteiger partial charge in [0.15, 0.2) is 11.6 Å². The number of rotatable bonds is 6. The molecule has 1 fully saturated rings. The van der Waals surface area contributed by atoms with Crippen molar-refractivity contribution in [2.24, 2.45) is 11.8 Å². The van der Waals surface area contributed by atoms with Crippen LogP contribution >= 0.6 is 0 Å². The lowest BCUT2D eigenvalue weighted by Crippen LogP contribution is -2.39. The number of phenols is 1. The van der Waals surface area contributed by atoms with Crippen LogP contribution in [0.4, 0.5) is 4.39 Å². The fourth-order valence-corrected chi connectivity index (χ4v) is 4.15. The Kier molecular flexibility index (Phi) is 5.46. The summed E-state index contributed by atoms with van der Waals surface area (Å²) in [5.41, 5.74) is 0.635. The summed E-state index contributed by atoms with van der Waals surface area (Å²) in [6.45, 7) is 2.98. The summed E-state index contributed by atoms with van der Waals surface area (Å²) < 4.78 is 14.0. The zero-order valence-corrected chi connectivity index (χ0v) is 14.9. The summed E-state index contributed by atoms with van der Waals surface area (Å²) in [5, 5.41) is 21.3. The Morgan fingerprint density at radius 2 is 2.04 bits per heavy atom. The summed E-state index contributed by atoms with van der Waals surface area (Å²) in [7, 11) is 0. The number of nitrogens with zero attached hydrogens (tertiary/aromatic N) is 1. The van der Waals surface area contributed by atoms with E-state index in [0.29, 0.717) is 30.5 Å². The Morgan fingerprint density at radius 1 is 1.35 bits per heavy atom. The molecular formula is C19H25FN2O4. The number of phenolic OH excluding ortho intramolecular Hbond substituents is 1. The Hall–Kier alpha value is -2.15. The van der Waals surface area contributed by atoms with Crippen LogP contribution in [0.25, 0.3) is 0 Å². The number of aromatic hydroxyl groups is 1. The Morgan fingerprint density at radius 3 is 2.69 bits per heavy atom. The minimum Gasteiger partial charge on any atom is -0.505 e. The number of aliphatic carboxylic acids is 1. The summed E-state index contributed by atoms with van der Waals surface area (Å²) >= 11 is 0. The van der Waals surface area contributed by atoms with Crippen LogP contribution in [0.2, 0.25) is 0 Å². The molecule has 1 aliphatic carbocycles. The average molecular weight is 364 g/mol. The van der Waals surface area contributed by atoms with Crippen LogP contribution in [-0.2, 0) is 11.3 Å². The summed E-state index contributed by atoms with van der Waals surface area (Å²) in [5.74, 6) is -1.69. The van der Waals surface area contributed by atoms with Gasteiger partial charge in [0.05, 0.1) is 12.1 Å². The largest absolute Gasteiger partial charge is 0.505 e. The smallest absolute Gasteiger partial charge is 0.317 e. The average Bonchev–Trinajstić information content (AvgIpc) is 2.93. The van der Waals surface area contributed by atoms with Crippen molar-refractivity contribution in [2.75, 3.05) is 13.1 Å². The highest BCUT2D eigenvalue weighted by Gasteiger charge is 2.34. The van der Waals surface area contributed by atoms with E-state index in [1.165, 1.54) is 6.07 Å². The molecule has 1 amide bonds. The molecule has 0 bridgehead atoms. The van der Waals surface area contributed by atoms with Crippen molar-refractivity contribution < 1.29 is 24.2 Å². The van der Waals surface area contributed by atoms with E-state index in [1.807, 2.05) is 6.92 Å². The van der Waals surface area contributed by atoms with Crippen LogP contribution in [0.5, 0.6) is 5.75 Å². The minimum absolute atomic E-state index is 0.00480. The topological polar surface area (TPSA) is 89.9 Å². The molecule has 1 saturated carbocycles. The Labute approximate surface area is 152 Å². The highest BCUT2D eigenvalue weighted by Crippen LogP contribution is 2.35. The van der Waals surface area contributed by atoms with E-state index in [2.05, 4.69) is 5.32 Å². The van der Waals surface area contributed by atoms with Gasteiger partial charge in [-0.3, -0.25) is 9.59 Å². The Balaban J connectivity index is 1.52. The molecule has 1 aliphatic heterocycles. The summed E-state index contributed by atoms with van der Waals surface area (Å²) in [6.07, 6.45) is 3.92. The van der Waals surface area contributed by atoms with Gasteiger partial charge in [0.25, 0.3) is 5.91 Å². The molecule has 3 rings (SSSR count). The number of carboxylic acid groups (broad SMARTS) is 1. The molecule has 0 aromatic heterocycles. The lowest BCUT2D eigenvalue weighted by molar-refractivity contribution is -0.136. The lowest BCUT2D eigenvalue weighted by Gasteiger charge is -2.34. The predicted molar refractivity (Wildman–Crippen MR) is 93.4 cm³/mol. The molecule has 3 N–H and O–H groups in total. The molecule has 1 heterocycles. The normalized spacial score (nSPS) is 23.8. The maximum absolute atomic E-state index is 14.0. The van der Waals surface area contributed by atoms with Crippen molar-refractivity contribution in [2.45, 2.75) is 45.2 Å². The van der Waals surface area contributed by atoms with Crippen molar-refractivity contribution in [3.8, 4) is 5.75 Å². The number of carbonyl (C=O) groups is 2. The van der Waals surface area contributed by atoms with Crippen molar-refractivity contribution in [1.29, 1.82) is 0 Å². The number of amides is 1. The van der Waals surface area contributed by atoms with E-state index < -0.39 is 17.5 Å². The lowest BCUT2D eigenvalue weighted by atomic mass is 9.78. The Bertz CT molecular complexity index is 701. The number of benzene rings is 1. The molecule has 0 saturated heterocycles. The molecule has 1 atom stereocenters. The third-order valence-electron chi connectivity index (χ3n) is 5.72. The quantitative estimate of drug-likeness (QED) is 0.721. The van der Waals surface area contributed by atoms with E-state index in [9.17, 15) is 19.1 Å². The molecule has 7 heteroatoms. The van der Waals surface area contributed by atoms with Crippen molar-refractivity contribution in [3.05, 3.63) is 29.1 Å². The number of hydrogen-bond donors (Lipinski definition) is 3. The van der Waals surface area contributed by atoms with Crippen LogP contribution in [0.1, 0.15) is 48.5 Å². The highest BCUT2D eigenvalue weighted by molar-refractivity contribution is 5.99. The molecule has 2 aliphatic rings. The minimum atomic E-state index is -0.851. The number of nitrogens with one attached hydrogen (secondary N) is 1. The van der Waals surface area contributed by atoms with E-state index >= 15 is 0 Å². The molecule has 1 aromatic rings. The number of carboxylic acids is 1. The summed E-state index contributed by atoms with van der Waals surface area (Å²) in [4.78, 5) is 24.8. The maximum atomic E-state index is 14.0. The molecule has 1 unspecified atom stereocenters. The second kappa shape index (κ2) is 7.61. The highest BCUT2D eigenvalue weighted by atomic mass is 19.1. The van der Waals surface area contributed by atoms with Gasteiger partial charge < -0.3 is 20.4 Å². The molecule has 6 nitrogen and oxygen atoms in total. The van der Waals surface area contributed by atoms with Crippen molar-refractivity contribution in [3.63, 3.8) is 0 Å². The van der Waals surface area contributed by atoms with Gasteiger partial charge in [-0.25, -0.2) is 4.39 Å². The zero-order chi connectivity index (χ0) is 18.8. The summed E-state index contributed by atoms with van der Waals surface area (Å²) in [6, 6.07) is 3.06. The molecule has 0 radical (unpaired) electrons. The third kappa shape index (κ3) is 3.82. The molecule has 1 aromatic carbocycles. The first-order chi connectivity index (χ1) is 12.4. The number of halogens is 1. The van der Waals surface area contributed by atoms with Gasteiger partial charge in [0, 0.05) is 19.1 Å². The molecule has 0 spiro atoms. The first kappa shape index (κ1) is 18.6. The van der Waals surface area contributed by atoms with Gasteiger partial charge in [-0.1, -0.05) is 6.07 Å². The zero-order valence-electron chi connectivity index (χ0n) is 14.9. The van der Waals surface area contributed by atoms with Gasteiger partial charge in [-0.15, -0.1) is 0 Å². The van der Waals surface area contributed by atoms with Crippen LogP contribution in [0.15, 0.2) is 12.1 Å². The van der Waals surface area contributed by atoms with Gasteiger partial charge in [0.2, 0.25) is 0 Å². The predicted octanol–water partition coefficient (Wildman–Crippen LogP) is 2.36. The van der Waals surface area contributed by atoms with Crippen LogP contribution in [0.3, 0.4) is 0 Å². The van der Waals surface area contributed by atoms with Crippen molar-refractivity contribution in [1.82, 2.24) is 10.2 Å².